The van der Waals surface area contributed by atoms with Crippen molar-refractivity contribution in [3.8, 4) is 11.3 Å². The number of hydrogen-bond acceptors (Lipinski definition) is 6. The summed E-state index contributed by atoms with van der Waals surface area (Å²) in [6.45, 7) is 2.91. The van der Waals surface area contributed by atoms with E-state index < -0.39 is 17.8 Å². The number of anilines is 1. The zero-order valence-electron chi connectivity index (χ0n) is 21.1. The van der Waals surface area contributed by atoms with E-state index in [0.29, 0.717) is 54.9 Å². The van der Waals surface area contributed by atoms with Gasteiger partial charge in [-0.3, -0.25) is 9.78 Å². The molecule has 202 valence electrons. The van der Waals surface area contributed by atoms with Gasteiger partial charge < -0.3 is 19.5 Å². The first-order valence-corrected chi connectivity index (χ1v) is 12.3. The van der Waals surface area contributed by atoms with Crippen LogP contribution < -0.4 is 5.32 Å². The molecule has 1 saturated carbocycles. The van der Waals surface area contributed by atoms with Crippen molar-refractivity contribution in [3.63, 3.8) is 0 Å². The standard InChI is InChI=1S/C26H24F3N7O3/c1-15-31-11-22(39-15)16-3-4-21-20(10-32-36(21)12-16)23(37)35-13-25(14-35)6-19(7-25)34(2)24(38)33-18-5-17(8-30-9-18)26(27,28)29/h3-5,8-12,19H,6-7,13-14H2,1-2H3,(H,33,38). The van der Waals surface area contributed by atoms with E-state index in [1.807, 2.05) is 12.1 Å². The van der Waals surface area contributed by atoms with Crippen molar-refractivity contribution in [2.24, 2.45) is 5.41 Å². The van der Waals surface area contributed by atoms with Crippen LogP contribution in [0.2, 0.25) is 0 Å². The highest BCUT2D eigenvalue weighted by Crippen LogP contribution is 2.50. The number of halogens is 3. The maximum Gasteiger partial charge on any atom is 0.417 e. The summed E-state index contributed by atoms with van der Waals surface area (Å²) in [5.41, 5.74) is 0.979. The Labute approximate surface area is 220 Å². The number of nitrogens with one attached hydrogen (secondary N) is 1. The Balaban J connectivity index is 1.04. The molecule has 6 rings (SSSR count). The zero-order chi connectivity index (χ0) is 27.5. The van der Waals surface area contributed by atoms with E-state index in [1.165, 1.54) is 11.1 Å². The summed E-state index contributed by atoms with van der Waals surface area (Å²) in [5.74, 6) is 1.07. The Morgan fingerprint density at radius 3 is 2.62 bits per heavy atom. The number of pyridine rings is 2. The van der Waals surface area contributed by atoms with Crippen LogP contribution in [0.3, 0.4) is 0 Å². The Kier molecular flexibility index (Phi) is 5.63. The molecule has 4 aromatic heterocycles. The van der Waals surface area contributed by atoms with Gasteiger partial charge in [-0.15, -0.1) is 0 Å². The summed E-state index contributed by atoms with van der Waals surface area (Å²) in [7, 11) is 1.61. The maximum atomic E-state index is 13.2. The monoisotopic (exact) mass is 539 g/mol. The minimum Gasteiger partial charge on any atom is -0.441 e. The fourth-order valence-electron chi connectivity index (χ4n) is 5.38. The molecule has 1 aliphatic carbocycles. The van der Waals surface area contributed by atoms with Crippen molar-refractivity contribution >= 4 is 23.1 Å². The lowest BCUT2D eigenvalue weighted by Crippen LogP contribution is -2.67. The number of aryl methyl sites for hydroxylation is 1. The molecule has 2 fully saturated rings. The van der Waals surface area contributed by atoms with Crippen molar-refractivity contribution in [1.82, 2.24) is 29.4 Å². The van der Waals surface area contributed by atoms with Gasteiger partial charge in [0.15, 0.2) is 11.7 Å². The average Bonchev–Trinajstić information content (AvgIpc) is 3.47. The molecule has 0 unspecified atom stereocenters. The summed E-state index contributed by atoms with van der Waals surface area (Å²) in [6.07, 6.45) is 3.74. The normalized spacial score (nSPS) is 16.7. The van der Waals surface area contributed by atoms with Crippen LogP contribution in [0.25, 0.3) is 16.8 Å². The number of rotatable bonds is 4. The first kappa shape index (κ1) is 24.9. The number of oxazole rings is 1. The second-order valence-electron chi connectivity index (χ2n) is 10.3. The number of amides is 3. The Morgan fingerprint density at radius 2 is 1.92 bits per heavy atom. The van der Waals surface area contributed by atoms with Crippen LogP contribution in [0, 0.1) is 12.3 Å². The lowest BCUT2D eigenvalue weighted by molar-refractivity contribution is -0.137. The Bertz CT molecular complexity index is 1580. The van der Waals surface area contributed by atoms with Gasteiger partial charge in [-0.25, -0.2) is 14.3 Å². The van der Waals surface area contributed by atoms with Crippen molar-refractivity contribution < 1.29 is 27.2 Å². The van der Waals surface area contributed by atoms with Crippen molar-refractivity contribution in [2.75, 3.05) is 25.5 Å². The number of alkyl halides is 3. The highest BCUT2D eigenvalue weighted by Gasteiger charge is 2.55. The summed E-state index contributed by atoms with van der Waals surface area (Å²) >= 11 is 0. The van der Waals surface area contributed by atoms with Crippen LogP contribution in [0.15, 0.2) is 53.6 Å². The fraction of sp³-hybridized carbons (Fsp3) is 0.346. The SMILES string of the molecule is Cc1ncc(-c2ccc3c(C(=O)N4CC5(CC(N(C)C(=O)Nc6cncc(C(F)(F)F)c6)C5)C4)cnn3c2)o1. The molecular weight excluding hydrogens is 515 g/mol. The number of carbonyl (C=O) groups excluding carboxylic acids is 2. The van der Waals surface area contributed by atoms with Gasteiger partial charge in [0.1, 0.15) is 0 Å². The van der Waals surface area contributed by atoms with Gasteiger partial charge in [0.25, 0.3) is 5.91 Å². The van der Waals surface area contributed by atoms with Gasteiger partial charge in [0.05, 0.1) is 40.9 Å². The van der Waals surface area contributed by atoms with Crippen molar-refractivity contribution in [3.05, 3.63) is 66.2 Å². The third-order valence-corrected chi connectivity index (χ3v) is 7.51. The van der Waals surface area contributed by atoms with Crippen molar-refractivity contribution in [2.45, 2.75) is 32.0 Å². The summed E-state index contributed by atoms with van der Waals surface area (Å²) in [5, 5.41) is 6.83. The molecule has 4 aromatic rings. The molecule has 1 N–H and O–H groups in total. The highest BCUT2D eigenvalue weighted by molar-refractivity contribution is 6.01. The number of aromatic nitrogens is 4. The predicted octanol–water partition coefficient (Wildman–Crippen LogP) is 4.48. The molecule has 0 atom stereocenters. The molecule has 39 heavy (non-hydrogen) atoms. The van der Waals surface area contributed by atoms with Gasteiger partial charge in [-0.1, -0.05) is 0 Å². The summed E-state index contributed by atoms with van der Waals surface area (Å²) in [6, 6.07) is 3.96. The molecule has 0 radical (unpaired) electrons. The van der Waals surface area contributed by atoms with Gasteiger partial charge >= 0.3 is 12.2 Å². The Morgan fingerprint density at radius 1 is 1.15 bits per heavy atom. The smallest absolute Gasteiger partial charge is 0.417 e. The largest absolute Gasteiger partial charge is 0.441 e. The molecule has 3 amide bonds. The molecule has 2 aliphatic rings. The number of carbonyl (C=O) groups is 2. The van der Waals surface area contributed by atoms with Crippen LogP contribution >= 0.6 is 0 Å². The number of urea groups is 1. The molecule has 1 saturated heterocycles. The number of nitrogens with zero attached hydrogens (tertiary/aromatic N) is 6. The van der Waals surface area contributed by atoms with Gasteiger partial charge in [-0.05, 0) is 31.0 Å². The van der Waals surface area contributed by atoms with E-state index >= 15 is 0 Å². The minimum absolute atomic E-state index is 0.0207. The molecule has 10 nitrogen and oxygen atoms in total. The summed E-state index contributed by atoms with van der Waals surface area (Å²) in [4.78, 5) is 36.8. The third kappa shape index (κ3) is 4.47. The van der Waals surface area contributed by atoms with Crippen LogP contribution in [0.5, 0.6) is 0 Å². The topological polar surface area (TPSA) is 109 Å². The molecule has 13 heteroatoms. The molecular formula is C26H24F3N7O3. The van der Waals surface area contributed by atoms with Gasteiger partial charge in [0, 0.05) is 56.5 Å². The first-order valence-electron chi connectivity index (χ1n) is 12.3. The van der Waals surface area contributed by atoms with Gasteiger partial charge in [-0.2, -0.15) is 18.3 Å². The highest BCUT2D eigenvalue weighted by atomic mass is 19.4. The predicted molar refractivity (Wildman–Crippen MR) is 133 cm³/mol. The number of fused-ring (bicyclic) bond motifs is 1. The molecule has 0 aromatic carbocycles. The maximum absolute atomic E-state index is 13.2. The lowest BCUT2D eigenvalue weighted by atomic mass is 9.60. The second kappa shape index (κ2) is 8.82. The van der Waals surface area contributed by atoms with E-state index in [9.17, 15) is 22.8 Å². The second-order valence-corrected chi connectivity index (χ2v) is 10.3. The van der Waals surface area contributed by atoms with Crippen LogP contribution in [0.1, 0.15) is 34.7 Å². The van der Waals surface area contributed by atoms with E-state index in [-0.39, 0.29) is 23.1 Å². The third-order valence-electron chi connectivity index (χ3n) is 7.51. The van der Waals surface area contributed by atoms with E-state index in [1.54, 1.807) is 42.0 Å². The summed E-state index contributed by atoms with van der Waals surface area (Å²) < 4.78 is 46.0. The van der Waals surface area contributed by atoms with Crippen LogP contribution in [-0.4, -0.2) is 67.5 Å². The van der Waals surface area contributed by atoms with Crippen molar-refractivity contribution in [1.29, 1.82) is 0 Å². The van der Waals surface area contributed by atoms with Crippen LogP contribution in [-0.2, 0) is 6.18 Å². The molecule has 1 spiro atoms. The zero-order valence-corrected chi connectivity index (χ0v) is 21.1. The fourth-order valence-corrected chi connectivity index (χ4v) is 5.38. The average molecular weight is 540 g/mol. The van der Waals surface area contributed by atoms with Gasteiger partial charge in [0.2, 0.25) is 0 Å². The quantitative estimate of drug-likeness (QED) is 0.410. The first-order chi connectivity index (χ1) is 18.5. The van der Waals surface area contributed by atoms with E-state index in [2.05, 4.69) is 20.4 Å². The molecule has 0 bridgehead atoms. The number of likely N-dealkylation sites (tertiary alicyclic amines) is 1. The molecule has 5 heterocycles. The molecule has 1 aliphatic heterocycles. The lowest BCUT2D eigenvalue weighted by Gasteiger charge is -2.60. The van der Waals surface area contributed by atoms with E-state index in [4.69, 9.17) is 4.42 Å². The number of hydrogen-bond donors (Lipinski definition) is 1. The van der Waals surface area contributed by atoms with Crippen LogP contribution in [0.4, 0.5) is 23.7 Å². The Hall–Kier alpha value is -4.42. The minimum atomic E-state index is -4.54. The van der Waals surface area contributed by atoms with E-state index in [0.717, 1.165) is 11.6 Å².